The normalized spacial score (nSPS) is 28.7. The Morgan fingerprint density at radius 2 is 1.88 bits per heavy atom. The zero-order valence-corrected chi connectivity index (χ0v) is 10.7. The highest BCUT2D eigenvalue weighted by atomic mass is 15.1. The van der Waals surface area contributed by atoms with Crippen LogP contribution in [0.2, 0.25) is 0 Å². The van der Waals surface area contributed by atoms with Gasteiger partial charge in [0.2, 0.25) is 0 Å². The van der Waals surface area contributed by atoms with Gasteiger partial charge in [-0.25, -0.2) is 0 Å². The molecule has 3 nitrogen and oxygen atoms in total. The minimum absolute atomic E-state index is 0.904. The van der Waals surface area contributed by atoms with Gasteiger partial charge in [-0.3, -0.25) is 0 Å². The molecule has 2 aliphatic heterocycles. The number of hydrogen-bond donors (Lipinski definition) is 2. The van der Waals surface area contributed by atoms with Crippen molar-refractivity contribution in [1.82, 2.24) is 15.5 Å². The van der Waals surface area contributed by atoms with Crippen molar-refractivity contribution in [2.75, 3.05) is 45.8 Å². The lowest BCUT2D eigenvalue weighted by atomic mass is 9.98. The summed E-state index contributed by atoms with van der Waals surface area (Å²) in [5.41, 5.74) is 0. The van der Waals surface area contributed by atoms with Crippen LogP contribution in [0.15, 0.2) is 0 Å². The van der Waals surface area contributed by atoms with Crippen molar-refractivity contribution < 1.29 is 0 Å². The first-order chi connectivity index (χ1) is 7.88. The molecule has 2 rings (SSSR count). The van der Waals surface area contributed by atoms with Crippen molar-refractivity contribution in [3.8, 4) is 0 Å². The Morgan fingerprint density at radius 3 is 2.56 bits per heavy atom. The van der Waals surface area contributed by atoms with Gasteiger partial charge in [-0.15, -0.1) is 0 Å². The van der Waals surface area contributed by atoms with Crippen LogP contribution in [-0.4, -0.2) is 50.7 Å². The van der Waals surface area contributed by atoms with Crippen molar-refractivity contribution in [2.45, 2.75) is 26.2 Å². The van der Waals surface area contributed by atoms with Gasteiger partial charge >= 0.3 is 0 Å². The summed E-state index contributed by atoms with van der Waals surface area (Å²) in [5.74, 6) is 1.83. The zero-order valence-electron chi connectivity index (χ0n) is 10.7. The van der Waals surface area contributed by atoms with E-state index in [9.17, 15) is 0 Å². The lowest BCUT2D eigenvalue weighted by Gasteiger charge is -2.23. The van der Waals surface area contributed by atoms with Crippen LogP contribution in [0.3, 0.4) is 0 Å². The molecule has 2 saturated heterocycles. The molecule has 16 heavy (non-hydrogen) atoms. The fraction of sp³-hybridized carbons (Fsp3) is 1.00. The molecule has 0 spiro atoms. The number of piperidine rings is 1. The highest BCUT2D eigenvalue weighted by molar-refractivity contribution is 4.77. The third kappa shape index (κ3) is 3.72. The number of rotatable bonds is 5. The Morgan fingerprint density at radius 1 is 1.12 bits per heavy atom. The lowest BCUT2D eigenvalue weighted by Crippen LogP contribution is -2.35. The van der Waals surface area contributed by atoms with Crippen LogP contribution in [-0.2, 0) is 0 Å². The zero-order chi connectivity index (χ0) is 11.2. The molecule has 2 fully saturated rings. The van der Waals surface area contributed by atoms with Crippen molar-refractivity contribution in [2.24, 2.45) is 11.8 Å². The van der Waals surface area contributed by atoms with E-state index >= 15 is 0 Å². The highest BCUT2D eigenvalue weighted by Gasteiger charge is 2.21. The van der Waals surface area contributed by atoms with E-state index in [-0.39, 0.29) is 0 Å². The minimum Gasteiger partial charge on any atom is -0.317 e. The molecule has 0 saturated carbocycles. The van der Waals surface area contributed by atoms with Gasteiger partial charge in [0.25, 0.3) is 0 Å². The second-order valence-electron chi connectivity index (χ2n) is 5.40. The van der Waals surface area contributed by atoms with Crippen LogP contribution in [0.25, 0.3) is 0 Å². The summed E-state index contributed by atoms with van der Waals surface area (Å²) in [5, 5.41) is 7.11. The van der Waals surface area contributed by atoms with Crippen LogP contribution < -0.4 is 10.6 Å². The SMILES string of the molecule is CCN1CCC(CNCC2CCNCC2)C1. The van der Waals surface area contributed by atoms with Gasteiger partial charge in [-0.05, 0) is 70.4 Å². The summed E-state index contributed by atoms with van der Waals surface area (Å²) in [6.07, 6.45) is 4.12. The largest absolute Gasteiger partial charge is 0.317 e. The summed E-state index contributed by atoms with van der Waals surface area (Å²) in [4.78, 5) is 2.57. The van der Waals surface area contributed by atoms with Gasteiger partial charge in [0.05, 0.1) is 0 Å². The predicted octanol–water partition coefficient (Wildman–Crippen LogP) is 0.917. The maximum Gasteiger partial charge on any atom is 0.00222 e. The predicted molar refractivity (Wildman–Crippen MR) is 68.7 cm³/mol. The maximum absolute atomic E-state index is 3.69. The summed E-state index contributed by atoms with van der Waals surface area (Å²) >= 11 is 0. The summed E-state index contributed by atoms with van der Waals surface area (Å²) in [7, 11) is 0. The average molecular weight is 225 g/mol. The Labute approximate surface area is 100.0 Å². The van der Waals surface area contributed by atoms with Crippen LogP contribution in [0.5, 0.6) is 0 Å². The van der Waals surface area contributed by atoms with Gasteiger partial charge in [0, 0.05) is 6.54 Å². The third-order valence-electron chi connectivity index (χ3n) is 4.14. The smallest absolute Gasteiger partial charge is 0.00222 e. The molecule has 2 heterocycles. The van der Waals surface area contributed by atoms with Gasteiger partial charge < -0.3 is 15.5 Å². The van der Waals surface area contributed by atoms with Crippen LogP contribution >= 0.6 is 0 Å². The number of nitrogens with zero attached hydrogens (tertiary/aromatic N) is 1. The first kappa shape index (κ1) is 12.3. The lowest BCUT2D eigenvalue weighted by molar-refractivity contribution is 0.325. The molecule has 1 atom stereocenters. The van der Waals surface area contributed by atoms with E-state index in [0.29, 0.717) is 0 Å². The number of likely N-dealkylation sites (tertiary alicyclic amines) is 1. The van der Waals surface area contributed by atoms with Crippen molar-refractivity contribution in [3.05, 3.63) is 0 Å². The second-order valence-corrected chi connectivity index (χ2v) is 5.40. The molecular formula is C13H27N3. The number of nitrogens with one attached hydrogen (secondary N) is 2. The van der Waals surface area contributed by atoms with Crippen molar-refractivity contribution in [3.63, 3.8) is 0 Å². The minimum atomic E-state index is 0.904. The van der Waals surface area contributed by atoms with Gasteiger partial charge in [0.1, 0.15) is 0 Å². The Bertz CT molecular complexity index is 190. The van der Waals surface area contributed by atoms with E-state index in [0.717, 1.165) is 11.8 Å². The van der Waals surface area contributed by atoms with Gasteiger partial charge in [0.15, 0.2) is 0 Å². The first-order valence-corrected chi connectivity index (χ1v) is 7.02. The first-order valence-electron chi connectivity index (χ1n) is 7.02. The Hall–Kier alpha value is -0.120. The van der Waals surface area contributed by atoms with Gasteiger partial charge in [-0.1, -0.05) is 6.92 Å². The molecule has 0 aliphatic carbocycles. The summed E-state index contributed by atoms with van der Waals surface area (Å²) in [6.45, 7) is 11.0. The average Bonchev–Trinajstić information content (AvgIpc) is 2.78. The van der Waals surface area contributed by atoms with E-state index in [1.54, 1.807) is 0 Å². The molecular weight excluding hydrogens is 198 g/mol. The monoisotopic (exact) mass is 225 g/mol. The van der Waals surface area contributed by atoms with E-state index in [1.807, 2.05) is 0 Å². The molecule has 0 radical (unpaired) electrons. The molecule has 1 unspecified atom stereocenters. The maximum atomic E-state index is 3.69. The molecule has 0 aromatic carbocycles. The van der Waals surface area contributed by atoms with E-state index in [2.05, 4.69) is 22.5 Å². The Balaban J connectivity index is 1.54. The van der Waals surface area contributed by atoms with Crippen LogP contribution in [0, 0.1) is 11.8 Å². The topological polar surface area (TPSA) is 27.3 Å². The third-order valence-corrected chi connectivity index (χ3v) is 4.14. The Kier molecular flexibility index (Phi) is 5.07. The van der Waals surface area contributed by atoms with E-state index in [1.165, 1.54) is 65.1 Å². The summed E-state index contributed by atoms with van der Waals surface area (Å²) in [6, 6.07) is 0. The molecule has 3 heteroatoms. The molecule has 0 aromatic heterocycles. The summed E-state index contributed by atoms with van der Waals surface area (Å²) < 4.78 is 0. The standard InChI is InChI=1S/C13H27N3/c1-2-16-8-5-13(11-16)10-15-9-12-3-6-14-7-4-12/h12-15H,2-11H2,1H3. The van der Waals surface area contributed by atoms with Gasteiger partial charge in [-0.2, -0.15) is 0 Å². The molecule has 0 amide bonds. The number of hydrogen-bond acceptors (Lipinski definition) is 3. The van der Waals surface area contributed by atoms with Crippen LogP contribution in [0.4, 0.5) is 0 Å². The fourth-order valence-electron chi connectivity index (χ4n) is 2.94. The quantitative estimate of drug-likeness (QED) is 0.728. The van der Waals surface area contributed by atoms with E-state index < -0.39 is 0 Å². The highest BCUT2D eigenvalue weighted by Crippen LogP contribution is 2.15. The molecule has 2 N–H and O–H groups in total. The molecule has 2 aliphatic rings. The van der Waals surface area contributed by atoms with Crippen LogP contribution in [0.1, 0.15) is 26.2 Å². The van der Waals surface area contributed by atoms with Crippen molar-refractivity contribution >= 4 is 0 Å². The molecule has 0 aromatic rings. The van der Waals surface area contributed by atoms with Crippen molar-refractivity contribution in [1.29, 1.82) is 0 Å². The fourth-order valence-corrected chi connectivity index (χ4v) is 2.94. The molecule has 0 bridgehead atoms. The second kappa shape index (κ2) is 6.58. The molecule has 94 valence electrons. The van der Waals surface area contributed by atoms with E-state index in [4.69, 9.17) is 0 Å².